The summed E-state index contributed by atoms with van der Waals surface area (Å²) in [6.07, 6.45) is 3.68. The number of H-pyrrole nitrogens is 1. The van der Waals surface area contributed by atoms with Gasteiger partial charge in [0.2, 0.25) is 5.91 Å². The zero-order chi connectivity index (χ0) is 18.6. The third-order valence-corrected chi connectivity index (χ3v) is 4.61. The quantitative estimate of drug-likeness (QED) is 0.573. The Hall–Kier alpha value is -3.47. The Morgan fingerprint density at radius 1 is 1.04 bits per heavy atom. The number of carbonyl (C=O) groups is 1. The zero-order valence-corrected chi connectivity index (χ0v) is 15.0. The number of hydrogen-bond donors (Lipinski definition) is 2. The van der Waals surface area contributed by atoms with E-state index in [9.17, 15) is 4.79 Å². The molecular formula is C22H20N4O. The fraction of sp³-hybridized carbons (Fsp3) is 0.136. The number of aryl methyl sites for hydroxylation is 1. The Morgan fingerprint density at radius 3 is 2.56 bits per heavy atom. The maximum Gasteiger partial charge on any atom is 0.228 e. The molecule has 0 radical (unpaired) electrons. The second kappa shape index (κ2) is 7.41. The molecular weight excluding hydrogens is 336 g/mol. The van der Waals surface area contributed by atoms with Crippen LogP contribution in [0.5, 0.6) is 0 Å². The highest BCUT2D eigenvalue weighted by Gasteiger charge is 2.19. The largest absolute Gasteiger partial charge is 0.345 e. The lowest BCUT2D eigenvalue weighted by molar-refractivity contribution is -0.121. The maximum absolute atomic E-state index is 12.8. The summed E-state index contributed by atoms with van der Waals surface area (Å²) < 4.78 is 0. The number of nitrogens with zero attached hydrogens (tertiary/aromatic N) is 2. The standard InChI is InChI=1S/C22H20N4O/c1-15-6-2-3-7-17(15)22(16-10-12-23-13-11-16)26-21(27)14-20-24-18-8-4-5-9-19(18)25-20/h2-13,22H,14H2,1H3,(H,24,25)(H,26,27)/t22-/m1/s1. The molecule has 4 aromatic rings. The number of carbonyl (C=O) groups excluding carboxylic acids is 1. The summed E-state index contributed by atoms with van der Waals surface area (Å²) >= 11 is 0. The molecule has 2 heterocycles. The lowest BCUT2D eigenvalue weighted by atomic mass is 9.95. The van der Waals surface area contributed by atoms with Crippen LogP contribution in [-0.4, -0.2) is 20.9 Å². The molecule has 0 unspecified atom stereocenters. The number of fused-ring (bicyclic) bond motifs is 1. The second-order valence-electron chi connectivity index (χ2n) is 6.52. The highest BCUT2D eigenvalue weighted by Crippen LogP contribution is 2.24. The molecule has 0 saturated heterocycles. The summed E-state index contributed by atoms with van der Waals surface area (Å²) in [6, 6.07) is 19.5. The van der Waals surface area contributed by atoms with Crippen molar-refractivity contribution in [2.24, 2.45) is 0 Å². The van der Waals surface area contributed by atoms with E-state index in [1.54, 1.807) is 12.4 Å². The van der Waals surface area contributed by atoms with E-state index < -0.39 is 0 Å². The number of aromatic amines is 1. The summed E-state index contributed by atoms with van der Waals surface area (Å²) in [5, 5.41) is 3.16. The van der Waals surface area contributed by atoms with Crippen LogP contribution in [0, 0.1) is 6.92 Å². The fourth-order valence-electron chi connectivity index (χ4n) is 3.26. The molecule has 2 aromatic carbocycles. The minimum Gasteiger partial charge on any atom is -0.345 e. The number of imidazole rings is 1. The van der Waals surface area contributed by atoms with Crippen molar-refractivity contribution in [1.82, 2.24) is 20.3 Å². The number of aromatic nitrogens is 3. The summed E-state index contributed by atoms with van der Waals surface area (Å²) in [5.74, 6) is 0.575. The van der Waals surface area contributed by atoms with Gasteiger partial charge in [0.15, 0.2) is 0 Å². The SMILES string of the molecule is Cc1ccccc1[C@H](NC(=O)Cc1nc2ccccc2[nH]1)c1ccncc1. The third-order valence-electron chi connectivity index (χ3n) is 4.61. The molecule has 0 fully saturated rings. The molecule has 2 aromatic heterocycles. The van der Waals surface area contributed by atoms with E-state index in [-0.39, 0.29) is 18.4 Å². The van der Waals surface area contributed by atoms with Gasteiger partial charge in [0.05, 0.1) is 23.5 Å². The van der Waals surface area contributed by atoms with E-state index in [0.717, 1.165) is 27.7 Å². The van der Waals surface area contributed by atoms with Gasteiger partial charge >= 0.3 is 0 Å². The molecule has 4 rings (SSSR count). The maximum atomic E-state index is 12.8. The van der Waals surface area contributed by atoms with E-state index in [1.807, 2.05) is 54.6 Å². The predicted molar refractivity (Wildman–Crippen MR) is 105 cm³/mol. The van der Waals surface area contributed by atoms with Crippen molar-refractivity contribution >= 4 is 16.9 Å². The van der Waals surface area contributed by atoms with Crippen molar-refractivity contribution in [3.8, 4) is 0 Å². The Bertz CT molecular complexity index is 1040. The molecule has 0 aliphatic heterocycles. The highest BCUT2D eigenvalue weighted by atomic mass is 16.1. The summed E-state index contributed by atoms with van der Waals surface area (Å²) in [5.41, 5.74) is 5.00. The average Bonchev–Trinajstić information content (AvgIpc) is 3.09. The second-order valence-corrected chi connectivity index (χ2v) is 6.52. The summed E-state index contributed by atoms with van der Waals surface area (Å²) in [4.78, 5) is 24.6. The number of para-hydroxylation sites is 2. The van der Waals surface area contributed by atoms with Crippen LogP contribution in [0.1, 0.15) is 28.6 Å². The first kappa shape index (κ1) is 17.0. The smallest absolute Gasteiger partial charge is 0.228 e. The van der Waals surface area contributed by atoms with Gasteiger partial charge < -0.3 is 10.3 Å². The Kier molecular flexibility index (Phi) is 4.66. The van der Waals surface area contributed by atoms with E-state index in [2.05, 4.69) is 33.3 Å². The van der Waals surface area contributed by atoms with Crippen LogP contribution in [0.2, 0.25) is 0 Å². The highest BCUT2D eigenvalue weighted by molar-refractivity contribution is 5.81. The number of amides is 1. The fourth-order valence-corrected chi connectivity index (χ4v) is 3.26. The minimum atomic E-state index is -0.230. The molecule has 1 atom stereocenters. The van der Waals surface area contributed by atoms with Gasteiger partial charge in [-0.1, -0.05) is 36.4 Å². The van der Waals surface area contributed by atoms with Gasteiger partial charge in [0, 0.05) is 12.4 Å². The molecule has 0 saturated carbocycles. The normalized spacial score (nSPS) is 12.0. The monoisotopic (exact) mass is 356 g/mol. The molecule has 0 bridgehead atoms. The van der Waals surface area contributed by atoms with Crippen LogP contribution in [0.15, 0.2) is 73.1 Å². The molecule has 5 heteroatoms. The first-order chi connectivity index (χ1) is 13.2. The van der Waals surface area contributed by atoms with Gasteiger partial charge in [-0.2, -0.15) is 0 Å². The Morgan fingerprint density at radius 2 is 1.78 bits per heavy atom. The Balaban J connectivity index is 1.59. The van der Waals surface area contributed by atoms with Gasteiger partial charge in [-0.25, -0.2) is 4.98 Å². The summed E-state index contributed by atoms with van der Waals surface area (Å²) in [6.45, 7) is 2.05. The molecule has 0 spiro atoms. The topological polar surface area (TPSA) is 70.7 Å². The van der Waals surface area contributed by atoms with Crippen molar-refractivity contribution in [2.45, 2.75) is 19.4 Å². The van der Waals surface area contributed by atoms with Crippen LogP contribution in [-0.2, 0) is 11.2 Å². The van der Waals surface area contributed by atoms with E-state index in [0.29, 0.717) is 5.82 Å². The zero-order valence-electron chi connectivity index (χ0n) is 15.0. The Labute approximate surface area is 157 Å². The van der Waals surface area contributed by atoms with Gasteiger partial charge in [-0.15, -0.1) is 0 Å². The third kappa shape index (κ3) is 3.72. The lowest BCUT2D eigenvalue weighted by Gasteiger charge is -2.21. The average molecular weight is 356 g/mol. The molecule has 5 nitrogen and oxygen atoms in total. The van der Waals surface area contributed by atoms with Gasteiger partial charge in [0.1, 0.15) is 5.82 Å². The minimum absolute atomic E-state index is 0.0841. The predicted octanol–water partition coefficient (Wildman–Crippen LogP) is 3.71. The lowest BCUT2D eigenvalue weighted by Crippen LogP contribution is -2.31. The van der Waals surface area contributed by atoms with Crippen LogP contribution in [0.25, 0.3) is 11.0 Å². The molecule has 27 heavy (non-hydrogen) atoms. The first-order valence-corrected chi connectivity index (χ1v) is 8.89. The number of nitrogens with one attached hydrogen (secondary N) is 2. The van der Waals surface area contributed by atoms with Crippen LogP contribution >= 0.6 is 0 Å². The van der Waals surface area contributed by atoms with Crippen molar-refractivity contribution in [2.75, 3.05) is 0 Å². The summed E-state index contributed by atoms with van der Waals surface area (Å²) in [7, 11) is 0. The number of hydrogen-bond acceptors (Lipinski definition) is 3. The number of pyridine rings is 1. The molecule has 0 aliphatic carbocycles. The molecule has 2 N–H and O–H groups in total. The van der Waals surface area contributed by atoms with E-state index in [1.165, 1.54) is 0 Å². The number of rotatable bonds is 5. The van der Waals surface area contributed by atoms with E-state index in [4.69, 9.17) is 0 Å². The van der Waals surface area contributed by atoms with Crippen molar-refractivity contribution in [1.29, 1.82) is 0 Å². The first-order valence-electron chi connectivity index (χ1n) is 8.89. The van der Waals surface area contributed by atoms with Crippen LogP contribution < -0.4 is 5.32 Å². The van der Waals surface area contributed by atoms with Crippen molar-refractivity contribution in [3.63, 3.8) is 0 Å². The van der Waals surface area contributed by atoms with Gasteiger partial charge in [-0.05, 0) is 47.9 Å². The van der Waals surface area contributed by atoms with Crippen LogP contribution in [0.3, 0.4) is 0 Å². The van der Waals surface area contributed by atoms with Crippen LogP contribution in [0.4, 0.5) is 0 Å². The van der Waals surface area contributed by atoms with Crippen molar-refractivity contribution in [3.05, 3.63) is 95.6 Å². The van der Waals surface area contributed by atoms with E-state index >= 15 is 0 Å². The van der Waals surface area contributed by atoms with Crippen molar-refractivity contribution < 1.29 is 4.79 Å². The van der Waals surface area contributed by atoms with Gasteiger partial charge in [0.25, 0.3) is 0 Å². The number of benzene rings is 2. The molecule has 134 valence electrons. The molecule has 1 amide bonds. The molecule has 0 aliphatic rings. The van der Waals surface area contributed by atoms with Gasteiger partial charge in [-0.3, -0.25) is 9.78 Å².